The highest BCUT2D eigenvalue weighted by atomic mass is 35.5. The number of fused-ring (bicyclic) bond motifs is 1. The number of halogens is 1. The smallest absolute Gasteiger partial charge is 0.259 e. The Labute approximate surface area is 188 Å². The van der Waals surface area contributed by atoms with Gasteiger partial charge in [-0.2, -0.15) is 0 Å². The average Bonchev–Trinajstić information content (AvgIpc) is 2.99. The van der Waals surface area contributed by atoms with Crippen molar-refractivity contribution in [1.29, 1.82) is 0 Å². The summed E-state index contributed by atoms with van der Waals surface area (Å²) in [7, 11) is 1.75. The Hall–Kier alpha value is -2.03. The second kappa shape index (κ2) is 9.85. The van der Waals surface area contributed by atoms with Crippen molar-refractivity contribution in [2.24, 2.45) is 0 Å². The Morgan fingerprint density at radius 2 is 2.17 bits per heavy atom. The lowest BCUT2D eigenvalue weighted by atomic mass is 10.2. The number of carbonyl (C=O) groups excluding carboxylic acids is 1. The van der Waals surface area contributed by atoms with E-state index in [1.54, 1.807) is 24.1 Å². The van der Waals surface area contributed by atoms with Crippen LogP contribution in [-0.2, 0) is 10.5 Å². The number of nitrogens with zero attached hydrogens (tertiary/aromatic N) is 2. The fraction of sp³-hybridized carbons (Fsp3) is 0.381. The highest BCUT2D eigenvalue weighted by Gasteiger charge is 2.19. The maximum absolute atomic E-state index is 12.6. The van der Waals surface area contributed by atoms with E-state index in [2.05, 4.69) is 9.97 Å². The number of aromatic amines is 1. The van der Waals surface area contributed by atoms with Gasteiger partial charge >= 0.3 is 0 Å². The second-order valence-corrected chi connectivity index (χ2v) is 9.96. The standard InChI is InChI=1S/C21H24ClN3O3S2/c1-12-13(2)30-20-18(12)19(26)23-17(24-20)11-29-14(3)21(27)25(4)8-9-28-16-7-5-6-15(22)10-16/h5-7,10,14H,8-9,11H2,1-4H3,(H,23,24,26). The number of H-pyrrole nitrogens is 1. The maximum atomic E-state index is 12.6. The zero-order valence-corrected chi connectivity index (χ0v) is 19.7. The molecule has 0 aliphatic rings. The van der Waals surface area contributed by atoms with Crippen LogP contribution in [0.25, 0.3) is 10.2 Å². The third-order valence-corrected chi connectivity index (χ3v) is 7.25. The molecule has 2 heterocycles. The first kappa shape index (κ1) is 22.7. The van der Waals surface area contributed by atoms with Crippen LogP contribution >= 0.6 is 34.7 Å². The Balaban J connectivity index is 1.52. The number of ether oxygens (including phenoxy) is 1. The van der Waals surface area contributed by atoms with Gasteiger partial charge in [-0.3, -0.25) is 9.59 Å². The number of benzene rings is 1. The predicted molar refractivity (Wildman–Crippen MR) is 125 cm³/mol. The van der Waals surface area contributed by atoms with Gasteiger partial charge in [-0.1, -0.05) is 17.7 Å². The van der Waals surface area contributed by atoms with Crippen molar-refractivity contribution in [3.63, 3.8) is 0 Å². The van der Waals surface area contributed by atoms with Crippen LogP contribution in [0.2, 0.25) is 5.02 Å². The molecule has 3 rings (SSSR count). The summed E-state index contributed by atoms with van der Waals surface area (Å²) in [5, 5.41) is 1.00. The first-order chi connectivity index (χ1) is 14.3. The van der Waals surface area contributed by atoms with Crippen molar-refractivity contribution in [1.82, 2.24) is 14.9 Å². The van der Waals surface area contributed by atoms with Crippen LogP contribution in [0.3, 0.4) is 0 Å². The third kappa shape index (κ3) is 5.36. The Morgan fingerprint density at radius 1 is 1.40 bits per heavy atom. The molecule has 0 radical (unpaired) electrons. The van der Waals surface area contributed by atoms with Crippen LogP contribution in [0.5, 0.6) is 5.75 Å². The predicted octanol–water partition coefficient (Wildman–Crippen LogP) is 4.41. The van der Waals surface area contributed by atoms with Gasteiger partial charge in [0.15, 0.2) is 0 Å². The molecule has 30 heavy (non-hydrogen) atoms. The van der Waals surface area contributed by atoms with Gasteiger partial charge in [-0.05, 0) is 44.5 Å². The summed E-state index contributed by atoms with van der Waals surface area (Å²) < 4.78 is 5.65. The summed E-state index contributed by atoms with van der Waals surface area (Å²) in [5.41, 5.74) is 0.861. The summed E-state index contributed by atoms with van der Waals surface area (Å²) in [6.45, 7) is 6.62. The van der Waals surface area contributed by atoms with E-state index in [0.717, 1.165) is 15.3 Å². The van der Waals surface area contributed by atoms with Crippen LogP contribution < -0.4 is 10.3 Å². The van der Waals surface area contributed by atoms with E-state index in [1.807, 2.05) is 32.9 Å². The maximum Gasteiger partial charge on any atom is 0.259 e. The Morgan fingerprint density at radius 3 is 2.90 bits per heavy atom. The minimum atomic E-state index is -0.269. The van der Waals surface area contributed by atoms with Gasteiger partial charge in [0.25, 0.3) is 5.56 Å². The van der Waals surface area contributed by atoms with E-state index in [4.69, 9.17) is 16.3 Å². The van der Waals surface area contributed by atoms with Crippen LogP contribution in [-0.4, -0.2) is 46.2 Å². The second-order valence-electron chi connectivity index (χ2n) is 6.99. The molecule has 0 saturated carbocycles. The lowest BCUT2D eigenvalue weighted by molar-refractivity contribution is -0.129. The first-order valence-electron chi connectivity index (χ1n) is 9.50. The van der Waals surface area contributed by atoms with Crippen molar-refractivity contribution in [2.45, 2.75) is 31.8 Å². The number of hydrogen-bond acceptors (Lipinski definition) is 6. The van der Waals surface area contributed by atoms with Gasteiger partial charge < -0.3 is 14.6 Å². The van der Waals surface area contributed by atoms with Crippen LogP contribution in [0.4, 0.5) is 0 Å². The molecule has 0 aliphatic heterocycles. The largest absolute Gasteiger partial charge is 0.492 e. The van der Waals surface area contributed by atoms with Gasteiger partial charge in [0.05, 0.1) is 22.9 Å². The van der Waals surface area contributed by atoms with Gasteiger partial charge in [0, 0.05) is 16.9 Å². The van der Waals surface area contributed by atoms with Crippen molar-refractivity contribution >= 4 is 50.8 Å². The Kier molecular flexibility index (Phi) is 7.44. The molecule has 1 N–H and O–H groups in total. The summed E-state index contributed by atoms with van der Waals surface area (Å²) in [5.74, 6) is 1.72. The van der Waals surface area contributed by atoms with E-state index in [0.29, 0.717) is 40.9 Å². The molecule has 0 spiro atoms. The molecular formula is C21H24ClN3O3S2. The van der Waals surface area contributed by atoms with Gasteiger partial charge in [0.2, 0.25) is 5.91 Å². The first-order valence-corrected chi connectivity index (χ1v) is 11.7. The lowest BCUT2D eigenvalue weighted by Gasteiger charge is -2.21. The van der Waals surface area contributed by atoms with Gasteiger partial charge in [0.1, 0.15) is 23.0 Å². The Bertz CT molecular complexity index is 1110. The van der Waals surface area contributed by atoms with E-state index in [-0.39, 0.29) is 16.7 Å². The fourth-order valence-electron chi connectivity index (χ4n) is 2.92. The molecule has 1 amide bonds. The van der Waals surface area contributed by atoms with Crippen molar-refractivity contribution in [3.05, 3.63) is 55.9 Å². The van der Waals surface area contributed by atoms with Gasteiger partial charge in [-0.25, -0.2) is 4.98 Å². The normalized spacial score (nSPS) is 12.2. The number of amides is 1. The zero-order chi connectivity index (χ0) is 21.8. The van der Waals surface area contributed by atoms with Crippen LogP contribution in [0, 0.1) is 13.8 Å². The fourth-order valence-corrected chi connectivity index (χ4v) is 5.02. The van der Waals surface area contributed by atoms with E-state index >= 15 is 0 Å². The highest BCUT2D eigenvalue weighted by molar-refractivity contribution is 7.99. The van der Waals surface area contributed by atoms with Crippen LogP contribution in [0.15, 0.2) is 29.1 Å². The number of aromatic nitrogens is 2. The number of hydrogen-bond donors (Lipinski definition) is 1. The third-order valence-electron chi connectivity index (χ3n) is 4.77. The molecule has 3 aromatic rings. The number of likely N-dealkylation sites (N-methyl/N-ethyl adjacent to an activating group) is 1. The van der Waals surface area contributed by atoms with E-state index < -0.39 is 0 Å². The molecule has 1 aromatic carbocycles. The summed E-state index contributed by atoms with van der Waals surface area (Å²) in [4.78, 5) is 35.9. The molecule has 0 fully saturated rings. The number of thioether (sulfide) groups is 1. The molecule has 9 heteroatoms. The molecule has 6 nitrogen and oxygen atoms in total. The molecular weight excluding hydrogens is 442 g/mol. The lowest BCUT2D eigenvalue weighted by Crippen LogP contribution is -2.36. The number of carbonyl (C=O) groups is 1. The topological polar surface area (TPSA) is 75.3 Å². The van der Waals surface area contributed by atoms with Crippen molar-refractivity contribution in [2.75, 3.05) is 20.2 Å². The van der Waals surface area contributed by atoms with Gasteiger partial charge in [-0.15, -0.1) is 23.1 Å². The molecule has 2 aromatic heterocycles. The number of nitrogens with one attached hydrogen (secondary N) is 1. The van der Waals surface area contributed by atoms with Crippen molar-refractivity contribution < 1.29 is 9.53 Å². The molecule has 0 saturated heterocycles. The van der Waals surface area contributed by atoms with Crippen molar-refractivity contribution in [3.8, 4) is 5.75 Å². The number of thiophene rings is 1. The average molecular weight is 466 g/mol. The van der Waals surface area contributed by atoms with Crippen LogP contribution in [0.1, 0.15) is 23.2 Å². The highest BCUT2D eigenvalue weighted by Crippen LogP contribution is 2.26. The monoisotopic (exact) mass is 465 g/mol. The molecule has 0 bridgehead atoms. The summed E-state index contributed by atoms with van der Waals surface area (Å²) >= 11 is 8.91. The summed E-state index contributed by atoms with van der Waals surface area (Å²) in [6, 6.07) is 7.17. The molecule has 1 atom stereocenters. The number of rotatable bonds is 8. The zero-order valence-electron chi connectivity index (χ0n) is 17.3. The summed E-state index contributed by atoms with van der Waals surface area (Å²) in [6.07, 6.45) is 0. The molecule has 0 aliphatic carbocycles. The molecule has 1 unspecified atom stereocenters. The minimum absolute atomic E-state index is 0.000863. The SMILES string of the molecule is Cc1sc2nc(CSC(C)C(=O)N(C)CCOc3cccc(Cl)c3)[nH]c(=O)c2c1C. The minimum Gasteiger partial charge on any atom is -0.492 e. The van der Waals surface area contributed by atoms with E-state index in [9.17, 15) is 9.59 Å². The quantitative estimate of drug-likeness (QED) is 0.533. The van der Waals surface area contributed by atoms with E-state index in [1.165, 1.54) is 23.1 Å². The number of aryl methyl sites for hydroxylation is 2. The molecule has 160 valence electrons.